The van der Waals surface area contributed by atoms with Gasteiger partial charge in [0.1, 0.15) is 11.6 Å². The van der Waals surface area contributed by atoms with Gasteiger partial charge in [-0.05, 0) is 48.1 Å². The Balaban J connectivity index is 1.63. The first kappa shape index (κ1) is 25.3. The molecule has 8 heteroatoms. The Labute approximate surface area is 211 Å². The average molecular weight is 490 g/mol. The molecule has 1 aromatic heterocycles. The first-order valence-corrected chi connectivity index (χ1v) is 12.4. The third-order valence-corrected chi connectivity index (χ3v) is 7.07. The Hall–Kier alpha value is -3.81. The number of nitrogens with two attached hydrogens (primary N) is 1. The van der Waals surface area contributed by atoms with E-state index in [0.717, 1.165) is 33.4 Å². The van der Waals surface area contributed by atoms with Crippen LogP contribution in [-0.2, 0) is 33.6 Å². The van der Waals surface area contributed by atoms with Gasteiger partial charge in [0, 0.05) is 42.8 Å². The van der Waals surface area contributed by atoms with Crippen LogP contribution in [-0.4, -0.2) is 48.4 Å². The van der Waals surface area contributed by atoms with Gasteiger partial charge in [0.15, 0.2) is 0 Å². The second-order valence-corrected chi connectivity index (χ2v) is 10.3. The van der Waals surface area contributed by atoms with Gasteiger partial charge in [-0.1, -0.05) is 44.2 Å². The predicted octanol–water partition coefficient (Wildman–Crippen LogP) is 2.45. The molecule has 3 aromatic rings. The number of benzene rings is 2. The summed E-state index contributed by atoms with van der Waals surface area (Å²) in [5.41, 5.74) is 9.38. The van der Waals surface area contributed by atoms with Gasteiger partial charge in [-0.2, -0.15) is 0 Å². The van der Waals surface area contributed by atoms with Gasteiger partial charge in [0.05, 0.1) is 6.42 Å². The number of H-pyrrole nitrogens is 1. The normalized spacial score (nSPS) is 17.9. The van der Waals surface area contributed by atoms with Crippen molar-refractivity contribution in [3.8, 4) is 0 Å². The van der Waals surface area contributed by atoms with Gasteiger partial charge in [-0.3, -0.25) is 14.4 Å². The number of aryl methyl sites for hydroxylation is 1. The first-order valence-electron chi connectivity index (χ1n) is 12.4. The maximum atomic E-state index is 13.8. The third kappa shape index (κ3) is 5.08. The zero-order valence-corrected chi connectivity index (χ0v) is 21.4. The molecule has 0 bridgehead atoms. The summed E-state index contributed by atoms with van der Waals surface area (Å²) in [4.78, 5) is 44.5. The Morgan fingerprint density at radius 3 is 2.42 bits per heavy atom. The molecule has 0 radical (unpaired) electrons. The Kier molecular flexibility index (Phi) is 7.06. The summed E-state index contributed by atoms with van der Waals surface area (Å²) >= 11 is 0. The second-order valence-electron chi connectivity index (χ2n) is 10.3. The highest BCUT2D eigenvalue weighted by Crippen LogP contribution is 2.34. The van der Waals surface area contributed by atoms with Gasteiger partial charge in [0.25, 0.3) is 0 Å². The molecule has 0 saturated heterocycles. The second kappa shape index (κ2) is 10.0. The fourth-order valence-electron chi connectivity index (χ4n) is 5.01. The molecule has 1 aliphatic carbocycles. The van der Waals surface area contributed by atoms with Gasteiger partial charge in [-0.25, -0.2) is 0 Å². The molecule has 0 aliphatic heterocycles. The first-order chi connectivity index (χ1) is 17.1. The summed E-state index contributed by atoms with van der Waals surface area (Å²) in [5, 5.41) is 6.95. The zero-order valence-electron chi connectivity index (χ0n) is 21.4. The highest BCUT2D eigenvalue weighted by Gasteiger charge is 2.45. The van der Waals surface area contributed by atoms with E-state index in [2.05, 4.69) is 15.6 Å². The molecule has 1 heterocycles. The SMILES string of the molecule is CC(C)[C@H](NC(=O)[C@@]1(NC(=O)Cc2ccc(N(C)C)cc2)CCc2[nH]c3ccccc3c2C1)C(N)=O. The zero-order chi connectivity index (χ0) is 26.0. The quantitative estimate of drug-likeness (QED) is 0.388. The molecule has 0 spiro atoms. The van der Waals surface area contributed by atoms with E-state index in [1.54, 1.807) is 0 Å². The Bertz CT molecular complexity index is 1280. The van der Waals surface area contributed by atoms with Crippen molar-refractivity contribution in [3.05, 3.63) is 65.4 Å². The summed E-state index contributed by atoms with van der Waals surface area (Å²) in [5.74, 6) is -1.40. The standard InChI is InChI=1S/C28H35N5O3/c1-17(2)25(26(29)35)31-27(36)28(32-24(34)15-18-9-11-19(12-10-18)33(3)4)14-13-23-21(16-28)20-7-5-6-8-22(20)30-23/h5-12,17,25,30H,13-16H2,1-4H3,(H2,29,35)(H,31,36)(H,32,34)/t25-,28+/m0/s1. The molecule has 0 fully saturated rings. The number of fused-ring (bicyclic) bond motifs is 3. The van der Waals surface area contributed by atoms with Crippen LogP contribution in [0.4, 0.5) is 5.69 Å². The van der Waals surface area contributed by atoms with Crippen molar-refractivity contribution < 1.29 is 14.4 Å². The van der Waals surface area contributed by atoms with Crippen molar-refractivity contribution >= 4 is 34.3 Å². The minimum Gasteiger partial charge on any atom is -0.378 e. The maximum absolute atomic E-state index is 13.8. The molecular weight excluding hydrogens is 454 g/mol. The molecule has 0 unspecified atom stereocenters. The Morgan fingerprint density at radius 1 is 1.08 bits per heavy atom. The van der Waals surface area contributed by atoms with Gasteiger partial charge in [0.2, 0.25) is 17.7 Å². The Morgan fingerprint density at radius 2 is 1.78 bits per heavy atom. The van der Waals surface area contributed by atoms with Crippen molar-refractivity contribution in [2.24, 2.45) is 11.7 Å². The van der Waals surface area contributed by atoms with Gasteiger partial charge in [-0.15, -0.1) is 0 Å². The van der Waals surface area contributed by atoms with E-state index in [1.807, 2.05) is 81.4 Å². The number of nitrogens with one attached hydrogen (secondary N) is 3. The van der Waals surface area contributed by atoms with Crippen LogP contribution in [0, 0.1) is 5.92 Å². The number of anilines is 1. The summed E-state index contributed by atoms with van der Waals surface area (Å²) in [6.07, 6.45) is 1.48. The number of hydrogen-bond acceptors (Lipinski definition) is 4. The van der Waals surface area contributed by atoms with E-state index >= 15 is 0 Å². The lowest BCUT2D eigenvalue weighted by Crippen LogP contribution is -2.64. The molecule has 3 amide bonds. The summed E-state index contributed by atoms with van der Waals surface area (Å²) < 4.78 is 0. The van der Waals surface area contributed by atoms with Crippen molar-refractivity contribution in [2.45, 2.75) is 51.1 Å². The molecule has 2 aromatic carbocycles. The van der Waals surface area contributed by atoms with Crippen LogP contribution in [0.3, 0.4) is 0 Å². The average Bonchev–Trinajstić information content (AvgIpc) is 3.20. The lowest BCUT2D eigenvalue weighted by Gasteiger charge is -2.38. The van der Waals surface area contributed by atoms with Gasteiger partial charge >= 0.3 is 0 Å². The summed E-state index contributed by atoms with van der Waals surface area (Å²) in [7, 11) is 3.92. The number of aromatic amines is 1. The van der Waals surface area contributed by atoms with Crippen LogP contribution in [0.5, 0.6) is 0 Å². The van der Waals surface area contributed by atoms with E-state index < -0.39 is 17.5 Å². The third-order valence-electron chi connectivity index (χ3n) is 7.07. The van der Waals surface area contributed by atoms with Crippen LogP contribution in [0.15, 0.2) is 48.5 Å². The van der Waals surface area contributed by atoms with Crippen LogP contribution in [0.2, 0.25) is 0 Å². The lowest BCUT2D eigenvalue weighted by atomic mass is 9.78. The lowest BCUT2D eigenvalue weighted by molar-refractivity contribution is -0.136. The number of carbonyl (C=O) groups excluding carboxylic acids is 3. The summed E-state index contributed by atoms with van der Waals surface area (Å²) in [6, 6.07) is 14.9. The number of para-hydroxylation sites is 1. The predicted molar refractivity (Wildman–Crippen MR) is 142 cm³/mol. The molecule has 5 N–H and O–H groups in total. The molecule has 190 valence electrons. The molecular formula is C28H35N5O3. The van der Waals surface area contributed by atoms with Crippen molar-refractivity contribution in [1.82, 2.24) is 15.6 Å². The van der Waals surface area contributed by atoms with Crippen molar-refractivity contribution in [3.63, 3.8) is 0 Å². The van der Waals surface area contributed by atoms with Crippen LogP contribution >= 0.6 is 0 Å². The molecule has 36 heavy (non-hydrogen) atoms. The van der Waals surface area contributed by atoms with E-state index in [4.69, 9.17) is 5.73 Å². The number of carbonyl (C=O) groups is 3. The van der Waals surface area contributed by atoms with E-state index in [0.29, 0.717) is 19.3 Å². The van der Waals surface area contributed by atoms with Crippen LogP contribution < -0.4 is 21.3 Å². The van der Waals surface area contributed by atoms with E-state index in [-0.39, 0.29) is 24.2 Å². The number of nitrogens with zero attached hydrogens (tertiary/aromatic N) is 1. The minimum atomic E-state index is -1.19. The van der Waals surface area contributed by atoms with Crippen molar-refractivity contribution in [1.29, 1.82) is 0 Å². The fourth-order valence-corrected chi connectivity index (χ4v) is 5.01. The maximum Gasteiger partial charge on any atom is 0.246 e. The fraction of sp³-hybridized carbons (Fsp3) is 0.393. The van der Waals surface area contributed by atoms with E-state index in [9.17, 15) is 14.4 Å². The molecule has 2 atom stereocenters. The number of hydrogen-bond donors (Lipinski definition) is 4. The van der Waals surface area contributed by atoms with Crippen LogP contribution in [0.25, 0.3) is 10.9 Å². The molecule has 8 nitrogen and oxygen atoms in total. The smallest absolute Gasteiger partial charge is 0.246 e. The highest BCUT2D eigenvalue weighted by atomic mass is 16.2. The molecule has 0 saturated carbocycles. The number of amides is 3. The highest BCUT2D eigenvalue weighted by molar-refractivity contribution is 5.97. The monoisotopic (exact) mass is 489 g/mol. The number of rotatable bonds is 8. The number of primary amides is 1. The van der Waals surface area contributed by atoms with Gasteiger partial charge < -0.3 is 26.3 Å². The topological polar surface area (TPSA) is 120 Å². The largest absolute Gasteiger partial charge is 0.378 e. The molecule has 4 rings (SSSR count). The summed E-state index contributed by atoms with van der Waals surface area (Å²) in [6.45, 7) is 3.66. The number of aromatic nitrogens is 1. The van der Waals surface area contributed by atoms with Crippen LogP contribution in [0.1, 0.15) is 37.1 Å². The molecule has 1 aliphatic rings. The van der Waals surface area contributed by atoms with E-state index in [1.165, 1.54) is 0 Å². The van der Waals surface area contributed by atoms with Crippen molar-refractivity contribution in [2.75, 3.05) is 19.0 Å². The minimum absolute atomic E-state index is 0.146.